The molecular weight excluding hydrogens is 334 g/mol. The van der Waals surface area contributed by atoms with E-state index in [2.05, 4.69) is 41.5 Å². The zero-order valence-corrected chi connectivity index (χ0v) is 13.9. The van der Waals surface area contributed by atoms with Crippen molar-refractivity contribution in [1.82, 2.24) is 20.3 Å². The monoisotopic (exact) mass is 351 g/mol. The Morgan fingerprint density at radius 2 is 1.90 bits per heavy atom. The van der Waals surface area contributed by atoms with Crippen molar-refractivity contribution in [2.75, 3.05) is 11.9 Å². The Labute approximate surface area is 131 Å². The number of pyridine rings is 1. The molecule has 2 N–H and O–H groups in total. The van der Waals surface area contributed by atoms with Crippen LogP contribution in [0.25, 0.3) is 11.0 Å². The molecule has 1 aliphatic rings. The van der Waals surface area contributed by atoms with Crippen LogP contribution < -0.4 is 10.6 Å². The summed E-state index contributed by atoms with van der Waals surface area (Å²) in [5, 5.41) is 6.12. The first-order valence-electron chi connectivity index (χ1n) is 6.87. The number of hydrogen-bond acceptors (Lipinski definition) is 5. The minimum absolute atomic E-state index is 0.0440. The lowest BCUT2D eigenvalue weighted by Crippen LogP contribution is -2.37. The fourth-order valence-corrected chi connectivity index (χ4v) is 2.56. The fraction of sp³-hybridized carbons (Fsp3) is 0.429. The number of hydrogen-bond donors (Lipinski definition) is 2. The molecule has 21 heavy (non-hydrogen) atoms. The molecular formula is C14H18BrN5O. The average molecular weight is 352 g/mol. The van der Waals surface area contributed by atoms with Crippen LogP contribution >= 0.6 is 15.9 Å². The lowest BCUT2D eigenvalue weighted by molar-refractivity contribution is -0.119. The molecule has 112 valence electrons. The number of amides is 1. The fourth-order valence-electron chi connectivity index (χ4n) is 2.17. The van der Waals surface area contributed by atoms with Crippen molar-refractivity contribution < 1.29 is 4.79 Å². The van der Waals surface area contributed by atoms with Crippen molar-refractivity contribution >= 4 is 38.7 Å². The van der Waals surface area contributed by atoms with Gasteiger partial charge in [-0.3, -0.25) is 9.78 Å². The quantitative estimate of drug-likeness (QED) is 0.868. The molecule has 6 nitrogen and oxygen atoms in total. The molecule has 3 heterocycles. The third kappa shape index (κ3) is 3.29. The Bertz CT molecular complexity index is 663. The predicted octanol–water partition coefficient (Wildman–Crippen LogP) is 2.50. The lowest BCUT2D eigenvalue weighted by Gasteiger charge is -2.24. The Morgan fingerprint density at radius 3 is 2.52 bits per heavy atom. The SMILES string of the molecule is CC.CC1(Nc2ncc(Br)c3nccnc23)CNC(=O)C1. The van der Waals surface area contributed by atoms with Gasteiger partial charge in [0.15, 0.2) is 5.82 Å². The molecule has 2 aromatic rings. The Morgan fingerprint density at radius 1 is 1.24 bits per heavy atom. The van der Waals surface area contributed by atoms with Gasteiger partial charge in [0.05, 0.1) is 16.4 Å². The zero-order chi connectivity index (χ0) is 15.5. The van der Waals surface area contributed by atoms with Gasteiger partial charge in [0.25, 0.3) is 0 Å². The second kappa shape index (κ2) is 6.34. The lowest BCUT2D eigenvalue weighted by atomic mass is 10.0. The normalized spacial score (nSPS) is 20.7. The highest BCUT2D eigenvalue weighted by Gasteiger charge is 2.34. The smallest absolute Gasteiger partial charge is 0.222 e. The summed E-state index contributed by atoms with van der Waals surface area (Å²) in [6, 6.07) is 0. The Balaban J connectivity index is 0.000000774. The maximum atomic E-state index is 11.4. The first kappa shape index (κ1) is 15.6. The van der Waals surface area contributed by atoms with Crippen LogP contribution in [0.15, 0.2) is 23.1 Å². The molecule has 1 unspecified atom stereocenters. The van der Waals surface area contributed by atoms with Crippen LogP contribution in [0.3, 0.4) is 0 Å². The van der Waals surface area contributed by atoms with E-state index in [4.69, 9.17) is 0 Å². The van der Waals surface area contributed by atoms with E-state index in [1.165, 1.54) is 0 Å². The van der Waals surface area contributed by atoms with Crippen molar-refractivity contribution in [1.29, 1.82) is 0 Å². The van der Waals surface area contributed by atoms with Gasteiger partial charge in [-0.1, -0.05) is 13.8 Å². The molecule has 0 aliphatic carbocycles. The standard InChI is InChI=1S/C12H12BrN5O.C2H6/c1-12(4-8(19)17-6-12)18-11-10-9(7(13)5-16-11)14-2-3-15-10;1-2/h2-3,5H,4,6H2,1H3,(H,16,18)(H,17,19);1-2H3. The number of nitrogens with one attached hydrogen (secondary N) is 2. The van der Waals surface area contributed by atoms with E-state index >= 15 is 0 Å². The summed E-state index contributed by atoms with van der Waals surface area (Å²) in [5.74, 6) is 0.688. The second-order valence-electron chi connectivity index (χ2n) is 4.85. The molecule has 0 bridgehead atoms. The summed E-state index contributed by atoms with van der Waals surface area (Å²) in [7, 11) is 0. The molecule has 0 saturated carbocycles. The van der Waals surface area contributed by atoms with Gasteiger partial charge in [0.1, 0.15) is 11.0 Å². The summed E-state index contributed by atoms with van der Waals surface area (Å²) in [5.41, 5.74) is 1.10. The molecule has 1 saturated heterocycles. The van der Waals surface area contributed by atoms with Gasteiger partial charge in [-0.2, -0.15) is 0 Å². The van der Waals surface area contributed by atoms with E-state index in [1.54, 1.807) is 18.6 Å². The molecule has 1 atom stereocenters. The van der Waals surface area contributed by atoms with Crippen LogP contribution in [-0.4, -0.2) is 32.9 Å². The van der Waals surface area contributed by atoms with Crippen LogP contribution in [0.5, 0.6) is 0 Å². The number of carbonyl (C=O) groups excluding carboxylic acids is 1. The van der Waals surface area contributed by atoms with Crippen LogP contribution in [0, 0.1) is 0 Å². The van der Waals surface area contributed by atoms with Crippen molar-refractivity contribution in [2.45, 2.75) is 32.7 Å². The minimum Gasteiger partial charge on any atom is -0.361 e. The molecule has 1 aliphatic heterocycles. The van der Waals surface area contributed by atoms with Crippen LogP contribution in [-0.2, 0) is 4.79 Å². The maximum Gasteiger partial charge on any atom is 0.222 e. The Hall–Kier alpha value is -1.76. The summed E-state index contributed by atoms with van der Waals surface area (Å²) in [6.07, 6.45) is 5.38. The predicted molar refractivity (Wildman–Crippen MR) is 86.0 cm³/mol. The molecule has 2 aromatic heterocycles. The van der Waals surface area contributed by atoms with Crippen LogP contribution in [0.2, 0.25) is 0 Å². The van der Waals surface area contributed by atoms with E-state index in [0.717, 1.165) is 9.99 Å². The van der Waals surface area contributed by atoms with Crippen LogP contribution in [0.4, 0.5) is 5.82 Å². The van der Waals surface area contributed by atoms with Gasteiger partial charge in [-0.15, -0.1) is 0 Å². The van der Waals surface area contributed by atoms with Gasteiger partial charge >= 0.3 is 0 Å². The molecule has 1 fully saturated rings. The van der Waals surface area contributed by atoms with Crippen molar-refractivity contribution in [3.05, 3.63) is 23.1 Å². The third-order valence-electron chi connectivity index (χ3n) is 3.10. The number of carbonyl (C=O) groups is 1. The van der Waals surface area contributed by atoms with Crippen molar-refractivity contribution in [3.8, 4) is 0 Å². The number of nitrogens with zero attached hydrogens (tertiary/aromatic N) is 3. The first-order chi connectivity index (χ1) is 10.1. The number of anilines is 1. The number of fused-ring (bicyclic) bond motifs is 1. The summed E-state index contributed by atoms with van der Waals surface area (Å²) >= 11 is 3.41. The van der Waals surface area contributed by atoms with Gasteiger partial charge < -0.3 is 10.6 Å². The van der Waals surface area contributed by atoms with Crippen molar-refractivity contribution in [2.24, 2.45) is 0 Å². The largest absolute Gasteiger partial charge is 0.361 e. The third-order valence-corrected chi connectivity index (χ3v) is 3.68. The van der Waals surface area contributed by atoms with E-state index < -0.39 is 0 Å². The van der Waals surface area contributed by atoms with E-state index in [-0.39, 0.29) is 11.4 Å². The molecule has 0 radical (unpaired) electrons. The first-order valence-corrected chi connectivity index (χ1v) is 7.67. The summed E-state index contributed by atoms with van der Waals surface area (Å²) in [6.45, 7) is 6.56. The highest BCUT2D eigenvalue weighted by Crippen LogP contribution is 2.28. The Kier molecular flexibility index (Phi) is 4.72. The van der Waals surface area contributed by atoms with E-state index in [1.807, 2.05) is 20.8 Å². The zero-order valence-electron chi connectivity index (χ0n) is 12.3. The molecule has 1 amide bonds. The highest BCUT2D eigenvalue weighted by atomic mass is 79.9. The van der Waals surface area contributed by atoms with Gasteiger partial charge in [0.2, 0.25) is 5.91 Å². The van der Waals surface area contributed by atoms with Gasteiger partial charge in [-0.25, -0.2) is 9.97 Å². The van der Waals surface area contributed by atoms with Gasteiger partial charge in [0, 0.05) is 25.1 Å². The maximum absolute atomic E-state index is 11.4. The van der Waals surface area contributed by atoms with Gasteiger partial charge in [-0.05, 0) is 22.9 Å². The number of halogens is 1. The highest BCUT2D eigenvalue weighted by molar-refractivity contribution is 9.10. The number of aromatic nitrogens is 3. The van der Waals surface area contributed by atoms with Crippen LogP contribution in [0.1, 0.15) is 27.2 Å². The molecule has 0 spiro atoms. The topological polar surface area (TPSA) is 79.8 Å². The van der Waals surface area contributed by atoms with E-state index in [0.29, 0.717) is 24.3 Å². The summed E-state index contributed by atoms with van der Waals surface area (Å²) in [4.78, 5) is 24.3. The molecule has 0 aromatic carbocycles. The molecule has 7 heteroatoms. The van der Waals surface area contributed by atoms with E-state index in [9.17, 15) is 4.79 Å². The molecule has 3 rings (SSSR count). The minimum atomic E-state index is -0.345. The average Bonchev–Trinajstić information content (AvgIpc) is 2.84. The van der Waals surface area contributed by atoms with Crippen molar-refractivity contribution in [3.63, 3.8) is 0 Å². The summed E-state index contributed by atoms with van der Waals surface area (Å²) < 4.78 is 0.798. The second-order valence-corrected chi connectivity index (χ2v) is 5.70. The number of rotatable bonds is 2.